The van der Waals surface area contributed by atoms with Crippen LogP contribution < -0.4 is 5.32 Å². The van der Waals surface area contributed by atoms with Gasteiger partial charge in [0.05, 0.1) is 0 Å². The van der Waals surface area contributed by atoms with Gasteiger partial charge in [0.25, 0.3) is 0 Å². The number of hydrogen-bond donors (Lipinski definition) is 1. The Labute approximate surface area is 171 Å². The van der Waals surface area contributed by atoms with Gasteiger partial charge in [-0.15, -0.1) is 0 Å². The molecule has 0 spiro atoms. The number of piperidine rings is 1. The highest BCUT2D eigenvalue weighted by Gasteiger charge is 2.21. The summed E-state index contributed by atoms with van der Waals surface area (Å²) < 4.78 is 1.25. The molecule has 1 N–H and O–H groups in total. The zero-order valence-corrected chi connectivity index (χ0v) is 16.4. The number of likely N-dealkylation sites (tertiary alicyclic amines) is 1. The van der Waals surface area contributed by atoms with Crippen LogP contribution in [0.4, 0.5) is 11.6 Å². The van der Waals surface area contributed by atoms with Crippen molar-refractivity contribution in [2.75, 3.05) is 18.4 Å². The van der Waals surface area contributed by atoms with E-state index in [4.69, 9.17) is 23.2 Å². The number of aromatic nitrogens is 3. The number of anilines is 1. The molecular weight excluding hydrogens is 403 g/mol. The number of imidazole rings is 1. The highest BCUT2D eigenvalue weighted by atomic mass is 35.5. The van der Waals surface area contributed by atoms with Crippen LogP contribution in [0, 0.1) is 10.1 Å². The minimum Gasteiger partial charge on any atom is -0.364 e. The molecule has 0 radical (unpaired) electrons. The van der Waals surface area contributed by atoms with Gasteiger partial charge < -0.3 is 15.4 Å². The molecule has 0 bridgehead atoms. The summed E-state index contributed by atoms with van der Waals surface area (Å²) >= 11 is 12.2. The minimum atomic E-state index is -0.489. The Morgan fingerprint density at radius 1 is 1.18 bits per heavy atom. The van der Waals surface area contributed by atoms with Crippen molar-refractivity contribution in [3.05, 3.63) is 62.3 Å². The van der Waals surface area contributed by atoms with Crippen molar-refractivity contribution in [3.63, 3.8) is 0 Å². The molecule has 1 aromatic carbocycles. The van der Waals surface area contributed by atoms with Gasteiger partial charge in [-0.1, -0.05) is 32.8 Å². The lowest BCUT2D eigenvalue weighted by Gasteiger charge is -2.32. The molecular formula is C18H18Cl2N6O2. The SMILES string of the molecule is O=[N+]([O-])c1cnc2ccc(NC3CCN(Cc4cc(Cl)cc(Cl)c4)CC3)nn12. The fraction of sp³-hybridized carbons (Fsp3) is 0.333. The summed E-state index contributed by atoms with van der Waals surface area (Å²) in [5.74, 6) is 0.460. The second-order valence-electron chi connectivity index (χ2n) is 6.83. The number of benzene rings is 1. The summed E-state index contributed by atoms with van der Waals surface area (Å²) in [7, 11) is 0. The van der Waals surface area contributed by atoms with Gasteiger partial charge in [0.15, 0.2) is 5.82 Å². The molecule has 3 heterocycles. The highest BCUT2D eigenvalue weighted by molar-refractivity contribution is 6.34. The lowest BCUT2D eigenvalue weighted by atomic mass is 10.0. The molecule has 0 unspecified atom stereocenters. The maximum atomic E-state index is 11.1. The van der Waals surface area contributed by atoms with Crippen LogP contribution in [0.1, 0.15) is 18.4 Å². The molecule has 3 aromatic rings. The topological polar surface area (TPSA) is 88.6 Å². The van der Waals surface area contributed by atoms with Gasteiger partial charge in [-0.05, 0) is 47.6 Å². The van der Waals surface area contributed by atoms with E-state index in [1.165, 1.54) is 10.7 Å². The second-order valence-corrected chi connectivity index (χ2v) is 7.71. The summed E-state index contributed by atoms with van der Waals surface area (Å²) in [6, 6.07) is 9.39. The third kappa shape index (κ3) is 4.19. The van der Waals surface area contributed by atoms with Gasteiger partial charge in [-0.25, -0.2) is 4.98 Å². The van der Waals surface area contributed by atoms with Crippen LogP contribution >= 0.6 is 23.2 Å². The molecule has 28 heavy (non-hydrogen) atoms. The van der Waals surface area contributed by atoms with Crippen molar-refractivity contribution in [1.82, 2.24) is 19.5 Å². The maximum absolute atomic E-state index is 11.1. The highest BCUT2D eigenvalue weighted by Crippen LogP contribution is 2.23. The maximum Gasteiger partial charge on any atom is 0.368 e. The van der Waals surface area contributed by atoms with Gasteiger partial charge in [0.1, 0.15) is 6.20 Å². The lowest BCUT2D eigenvalue weighted by Crippen LogP contribution is -2.38. The van der Waals surface area contributed by atoms with Crippen molar-refractivity contribution < 1.29 is 4.92 Å². The van der Waals surface area contributed by atoms with Crippen molar-refractivity contribution in [1.29, 1.82) is 0 Å². The zero-order valence-electron chi connectivity index (χ0n) is 14.9. The summed E-state index contributed by atoms with van der Waals surface area (Å²) in [6.45, 7) is 2.66. The number of nitro groups is 1. The predicted molar refractivity (Wildman–Crippen MR) is 108 cm³/mol. The third-order valence-corrected chi connectivity index (χ3v) is 5.24. The number of halogens is 2. The van der Waals surface area contributed by atoms with Gasteiger partial charge in [-0.3, -0.25) is 4.90 Å². The Morgan fingerprint density at radius 2 is 1.89 bits per heavy atom. The van der Waals surface area contributed by atoms with E-state index in [1.807, 2.05) is 12.1 Å². The van der Waals surface area contributed by atoms with Gasteiger partial charge in [0, 0.05) is 41.8 Å². The lowest BCUT2D eigenvalue weighted by molar-refractivity contribution is -0.391. The van der Waals surface area contributed by atoms with Crippen LogP contribution in [0.25, 0.3) is 5.65 Å². The van der Waals surface area contributed by atoms with Crippen LogP contribution in [-0.2, 0) is 6.54 Å². The van der Waals surface area contributed by atoms with E-state index in [-0.39, 0.29) is 11.9 Å². The number of hydrogen-bond acceptors (Lipinski definition) is 6. The monoisotopic (exact) mass is 420 g/mol. The molecule has 4 rings (SSSR count). The average molecular weight is 421 g/mol. The fourth-order valence-electron chi connectivity index (χ4n) is 3.47. The van der Waals surface area contributed by atoms with Crippen molar-refractivity contribution in [3.8, 4) is 0 Å². The molecule has 2 aromatic heterocycles. The minimum absolute atomic E-state index is 0.145. The largest absolute Gasteiger partial charge is 0.368 e. The molecule has 10 heteroatoms. The van der Waals surface area contributed by atoms with E-state index < -0.39 is 4.92 Å². The van der Waals surface area contributed by atoms with E-state index >= 15 is 0 Å². The van der Waals surface area contributed by atoms with E-state index in [2.05, 4.69) is 20.3 Å². The zero-order chi connectivity index (χ0) is 19.7. The molecule has 0 atom stereocenters. The van der Waals surface area contributed by atoms with Crippen molar-refractivity contribution >= 4 is 40.5 Å². The molecule has 1 saturated heterocycles. The Morgan fingerprint density at radius 3 is 2.57 bits per heavy atom. The molecule has 1 fully saturated rings. The quantitative estimate of drug-likeness (QED) is 0.495. The first-order valence-electron chi connectivity index (χ1n) is 8.91. The molecule has 1 aliphatic heterocycles. The molecule has 1 aliphatic rings. The van der Waals surface area contributed by atoms with Gasteiger partial charge in [0.2, 0.25) is 5.65 Å². The normalized spacial score (nSPS) is 15.8. The molecule has 0 amide bonds. The Balaban J connectivity index is 1.37. The smallest absolute Gasteiger partial charge is 0.364 e. The fourth-order valence-corrected chi connectivity index (χ4v) is 4.04. The summed E-state index contributed by atoms with van der Waals surface area (Å²) in [5, 5.41) is 20.1. The Hall–Kier alpha value is -2.42. The van der Waals surface area contributed by atoms with Crippen molar-refractivity contribution in [2.45, 2.75) is 25.4 Å². The van der Waals surface area contributed by atoms with E-state index in [9.17, 15) is 10.1 Å². The van der Waals surface area contributed by atoms with Crippen molar-refractivity contribution in [2.24, 2.45) is 0 Å². The Bertz CT molecular complexity index is 996. The summed E-state index contributed by atoms with van der Waals surface area (Å²) in [5.41, 5.74) is 1.55. The van der Waals surface area contributed by atoms with E-state index in [0.717, 1.165) is 38.0 Å². The number of nitrogens with one attached hydrogen (secondary N) is 1. The average Bonchev–Trinajstić information content (AvgIpc) is 3.06. The molecule has 146 valence electrons. The van der Waals surface area contributed by atoms with Gasteiger partial charge >= 0.3 is 5.82 Å². The van der Waals surface area contributed by atoms with E-state index in [0.29, 0.717) is 21.5 Å². The molecule has 0 aliphatic carbocycles. The van der Waals surface area contributed by atoms with Crippen LogP contribution in [-0.4, -0.2) is 43.6 Å². The predicted octanol–water partition coefficient (Wildman–Crippen LogP) is 4.02. The van der Waals surface area contributed by atoms with Crippen LogP contribution in [0.3, 0.4) is 0 Å². The molecule has 8 nitrogen and oxygen atoms in total. The first kappa shape index (κ1) is 18.9. The summed E-state index contributed by atoms with van der Waals surface area (Å²) in [6.07, 6.45) is 3.10. The Kier molecular flexibility index (Phi) is 5.34. The van der Waals surface area contributed by atoms with E-state index in [1.54, 1.807) is 18.2 Å². The second kappa shape index (κ2) is 7.90. The molecule has 0 saturated carbocycles. The number of nitrogens with zero attached hydrogens (tertiary/aromatic N) is 5. The van der Waals surface area contributed by atoms with Crippen LogP contribution in [0.15, 0.2) is 36.5 Å². The first-order chi connectivity index (χ1) is 13.5. The number of fused-ring (bicyclic) bond motifs is 1. The standard InChI is InChI=1S/C18H18Cl2N6O2/c19-13-7-12(8-14(20)9-13)11-24-5-3-15(4-6-24)22-16-1-2-17-21-10-18(26(27)28)25(17)23-16/h1-2,7-10,15H,3-6,11H2,(H,22,23). The number of rotatable bonds is 5. The third-order valence-electron chi connectivity index (χ3n) is 4.80. The first-order valence-corrected chi connectivity index (χ1v) is 9.66. The van der Waals surface area contributed by atoms with Gasteiger partial charge in [-0.2, -0.15) is 0 Å². The van der Waals surface area contributed by atoms with Crippen LogP contribution in [0.5, 0.6) is 0 Å². The van der Waals surface area contributed by atoms with Crippen LogP contribution in [0.2, 0.25) is 10.0 Å². The summed E-state index contributed by atoms with van der Waals surface area (Å²) in [4.78, 5) is 16.9.